The molecular weight excluding hydrogens is 382 g/mol. The van der Waals surface area contributed by atoms with E-state index in [0.717, 1.165) is 21.8 Å². The van der Waals surface area contributed by atoms with Crippen molar-refractivity contribution in [1.29, 1.82) is 0 Å². The zero-order chi connectivity index (χ0) is 21.3. The molecule has 1 unspecified atom stereocenters. The maximum atomic E-state index is 12.5. The van der Waals surface area contributed by atoms with E-state index in [1.165, 1.54) is 11.1 Å². The van der Waals surface area contributed by atoms with E-state index < -0.39 is 18.0 Å². The Kier molecular flexibility index (Phi) is 5.22. The molecule has 0 radical (unpaired) electrons. The summed E-state index contributed by atoms with van der Waals surface area (Å²) in [5.74, 6) is 0.0616. The van der Waals surface area contributed by atoms with Crippen LogP contribution in [0.5, 0.6) is 0 Å². The molecule has 0 saturated carbocycles. The largest absolute Gasteiger partial charge is 0.356 e. The van der Waals surface area contributed by atoms with E-state index in [0.29, 0.717) is 18.7 Å². The number of amides is 4. The lowest BCUT2D eigenvalue weighted by molar-refractivity contribution is -0.125. The summed E-state index contributed by atoms with van der Waals surface area (Å²) in [6.07, 6.45) is 0.437. The van der Waals surface area contributed by atoms with Gasteiger partial charge in [0, 0.05) is 13.0 Å². The van der Waals surface area contributed by atoms with Crippen LogP contribution in [-0.4, -0.2) is 40.4 Å². The second kappa shape index (κ2) is 7.98. The van der Waals surface area contributed by atoms with Crippen LogP contribution in [0.2, 0.25) is 0 Å². The third-order valence-corrected chi connectivity index (χ3v) is 5.25. The van der Waals surface area contributed by atoms with Crippen molar-refractivity contribution in [2.24, 2.45) is 0 Å². The summed E-state index contributed by atoms with van der Waals surface area (Å²) in [6.45, 7) is 4.48. The smallest absolute Gasteiger partial charge is 0.329 e. The minimum absolute atomic E-state index is 0.105. The molecule has 1 aliphatic heterocycles. The summed E-state index contributed by atoms with van der Waals surface area (Å²) < 4.78 is 0. The van der Waals surface area contributed by atoms with Gasteiger partial charge in [-0.1, -0.05) is 18.2 Å². The van der Waals surface area contributed by atoms with Crippen LogP contribution >= 0.6 is 0 Å². The third-order valence-electron chi connectivity index (χ3n) is 5.25. The number of nitrogens with zero attached hydrogens (tertiary/aromatic N) is 2. The Morgan fingerprint density at radius 2 is 1.87 bits per heavy atom. The molecule has 4 rings (SSSR count). The van der Waals surface area contributed by atoms with Crippen molar-refractivity contribution >= 4 is 34.6 Å². The minimum atomic E-state index is -0.866. The predicted molar refractivity (Wildman–Crippen MR) is 113 cm³/mol. The lowest BCUT2D eigenvalue weighted by Gasteiger charge is -2.12. The number of hydrogen-bond acceptors (Lipinski definition) is 4. The minimum Gasteiger partial charge on any atom is -0.356 e. The number of carbonyl (C=O) groups excluding carboxylic acids is 3. The van der Waals surface area contributed by atoms with Gasteiger partial charge in [-0.15, -0.1) is 0 Å². The molecule has 1 aromatic heterocycles. The van der Waals surface area contributed by atoms with E-state index in [1.807, 2.05) is 13.0 Å². The number of benzene rings is 2. The number of urea groups is 1. The number of aromatic amines is 1. The van der Waals surface area contributed by atoms with E-state index in [4.69, 9.17) is 0 Å². The van der Waals surface area contributed by atoms with Crippen LogP contribution in [0.25, 0.3) is 11.0 Å². The van der Waals surface area contributed by atoms with Crippen LogP contribution < -0.4 is 15.5 Å². The van der Waals surface area contributed by atoms with Gasteiger partial charge in [-0.2, -0.15) is 0 Å². The highest BCUT2D eigenvalue weighted by Gasteiger charge is 2.39. The van der Waals surface area contributed by atoms with Gasteiger partial charge in [0.15, 0.2) is 0 Å². The van der Waals surface area contributed by atoms with Gasteiger partial charge in [0.05, 0.1) is 23.1 Å². The van der Waals surface area contributed by atoms with Crippen molar-refractivity contribution in [1.82, 2.24) is 20.6 Å². The summed E-state index contributed by atoms with van der Waals surface area (Å²) in [7, 11) is 0. The van der Waals surface area contributed by atoms with Crippen molar-refractivity contribution in [3.63, 3.8) is 0 Å². The van der Waals surface area contributed by atoms with Gasteiger partial charge in [-0.3, -0.25) is 9.59 Å². The fourth-order valence-electron chi connectivity index (χ4n) is 3.51. The van der Waals surface area contributed by atoms with Crippen LogP contribution in [0.4, 0.5) is 10.5 Å². The number of imide groups is 1. The zero-order valence-electron chi connectivity index (χ0n) is 16.9. The lowest BCUT2D eigenvalue weighted by Crippen LogP contribution is -2.37. The van der Waals surface area contributed by atoms with Crippen molar-refractivity contribution in [2.75, 3.05) is 11.4 Å². The fourth-order valence-corrected chi connectivity index (χ4v) is 3.51. The Hall–Kier alpha value is -3.68. The molecule has 1 saturated heterocycles. The Labute approximate surface area is 173 Å². The van der Waals surface area contributed by atoms with Crippen LogP contribution in [0.3, 0.4) is 0 Å². The van der Waals surface area contributed by atoms with Gasteiger partial charge in [0.1, 0.15) is 11.9 Å². The summed E-state index contributed by atoms with van der Waals surface area (Å²) >= 11 is 0. The fraction of sp³-hybridized carbons (Fsp3) is 0.273. The molecule has 8 heteroatoms. The molecule has 0 aliphatic carbocycles. The highest BCUT2D eigenvalue weighted by atomic mass is 16.2. The van der Waals surface area contributed by atoms with E-state index in [-0.39, 0.29) is 12.3 Å². The van der Waals surface area contributed by atoms with E-state index in [2.05, 4.69) is 33.6 Å². The van der Waals surface area contributed by atoms with Crippen LogP contribution in [-0.2, 0) is 16.0 Å². The molecule has 1 fully saturated rings. The average Bonchev–Trinajstić information content (AvgIpc) is 3.22. The van der Waals surface area contributed by atoms with Crippen LogP contribution in [0, 0.1) is 13.8 Å². The van der Waals surface area contributed by atoms with E-state index in [1.54, 1.807) is 30.3 Å². The molecule has 1 atom stereocenters. The molecule has 154 valence electrons. The summed E-state index contributed by atoms with van der Waals surface area (Å²) in [6, 6.07) is 11.4. The summed E-state index contributed by atoms with van der Waals surface area (Å²) in [5.41, 5.74) is 4.73. The zero-order valence-corrected chi connectivity index (χ0v) is 16.9. The monoisotopic (exact) mass is 405 g/mol. The molecule has 0 spiro atoms. The number of para-hydroxylation sites is 1. The topological polar surface area (TPSA) is 107 Å². The van der Waals surface area contributed by atoms with Crippen molar-refractivity contribution in [3.05, 3.63) is 59.4 Å². The maximum absolute atomic E-state index is 12.5. The van der Waals surface area contributed by atoms with E-state index in [9.17, 15) is 14.4 Å². The molecule has 30 heavy (non-hydrogen) atoms. The number of imidazole rings is 1. The van der Waals surface area contributed by atoms with Crippen LogP contribution in [0.1, 0.15) is 23.4 Å². The summed E-state index contributed by atoms with van der Waals surface area (Å²) in [4.78, 5) is 45.9. The first-order valence-electron chi connectivity index (χ1n) is 9.84. The van der Waals surface area contributed by atoms with Gasteiger partial charge in [0.2, 0.25) is 5.91 Å². The lowest BCUT2D eigenvalue weighted by atomic mass is 10.1. The quantitative estimate of drug-likeness (QED) is 0.547. The molecule has 2 aromatic carbocycles. The number of fused-ring (bicyclic) bond motifs is 1. The SMILES string of the molecule is Cc1cc2nc(CCNC(=O)CC3NC(=O)N(c4ccccc4)C3=O)[nH]c2cc1C. The molecule has 0 bridgehead atoms. The first-order valence-corrected chi connectivity index (χ1v) is 9.84. The number of anilines is 1. The highest BCUT2D eigenvalue weighted by Crippen LogP contribution is 2.20. The number of aryl methyl sites for hydroxylation is 2. The Morgan fingerprint density at radius 3 is 2.63 bits per heavy atom. The number of H-pyrrole nitrogens is 1. The van der Waals surface area contributed by atoms with Crippen molar-refractivity contribution in [2.45, 2.75) is 32.7 Å². The molecule has 3 N–H and O–H groups in total. The first kappa shape index (κ1) is 19.6. The van der Waals surface area contributed by atoms with Crippen molar-refractivity contribution < 1.29 is 14.4 Å². The number of nitrogens with one attached hydrogen (secondary N) is 3. The molecule has 1 aliphatic rings. The highest BCUT2D eigenvalue weighted by molar-refractivity contribution is 6.22. The standard InChI is InChI=1S/C22H23N5O3/c1-13-10-16-17(11-14(13)2)25-19(24-16)8-9-23-20(28)12-18-21(29)27(22(30)26-18)15-6-4-3-5-7-15/h3-7,10-11,18H,8-9,12H2,1-2H3,(H,23,28)(H,24,25)(H,26,30). The second-order valence-electron chi connectivity index (χ2n) is 7.45. The Balaban J connectivity index is 1.31. The number of hydrogen-bond donors (Lipinski definition) is 3. The third kappa shape index (κ3) is 3.89. The second-order valence-corrected chi connectivity index (χ2v) is 7.45. The molecule has 2 heterocycles. The van der Waals surface area contributed by atoms with Gasteiger partial charge < -0.3 is 15.6 Å². The molecule has 8 nitrogen and oxygen atoms in total. The predicted octanol–water partition coefficient (Wildman–Crippen LogP) is 2.35. The van der Waals surface area contributed by atoms with Crippen molar-refractivity contribution in [3.8, 4) is 0 Å². The van der Waals surface area contributed by atoms with Gasteiger partial charge in [-0.05, 0) is 49.2 Å². The first-order chi connectivity index (χ1) is 14.4. The average molecular weight is 405 g/mol. The van der Waals surface area contributed by atoms with E-state index >= 15 is 0 Å². The number of aromatic nitrogens is 2. The molecule has 4 amide bonds. The Morgan fingerprint density at radius 1 is 1.13 bits per heavy atom. The van der Waals surface area contributed by atoms with Gasteiger partial charge >= 0.3 is 6.03 Å². The number of carbonyl (C=O) groups is 3. The molecular formula is C22H23N5O3. The Bertz CT molecular complexity index is 1080. The van der Waals surface area contributed by atoms with Gasteiger partial charge in [-0.25, -0.2) is 14.7 Å². The maximum Gasteiger partial charge on any atom is 0.329 e. The van der Waals surface area contributed by atoms with Gasteiger partial charge in [0.25, 0.3) is 5.91 Å². The van der Waals surface area contributed by atoms with Crippen LogP contribution in [0.15, 0.2) is 42.5 Å². The normalized spacial score (nSPS) is 16.2. The number of rotatable bonds is 6. The molecule has 3 aromatic rings. The summed E-state index contributed by atoms with van der Waals surface area (Å²) in [5, 5.41) is 5.37.